The highest BCUT2D eigenvalue weighted by atomic mass is 32.2. The average molecular weight is 347 g/mol. The molecule has 2 rings (SSSR count). The number of unbranched alkanes of at least 4 members (excludes halogenated alkanes) is 1. The lowest BCUT2D eigenvalue weighted by Gasteiger charge is -2.22. The van der Waals surface area contributed by atoms with Gasteiger partial charge in [-0.15, -0.1) is 11.3 Å². The van der Waals surface area contributed by atoms with E-state index in [4.69, 9.17) is 0 Å². The third kappa shape index (κ3) is 4.52. The van der Waals surface area contributed by atoms with E-state index in [1.165, 1.54) is 11.3 Å². The number of hydrogen-bond acceptors (Lipinski definition) is 5. The predicted molar refractivity (Wildman–Crippen MR) is 89.9 cm³/mol. The van der Waals surface area contributed by atoms with Gasteiger partial charge in [0, 0.05) is 22.3 Å². The Morgan fingerprint density at radius 1 is 1.41 bits per heavy atom. The number of nitrogens with one attached hydrogen (secondary N) is 1. The number of hydrogen-bond donors (Lipinski definition) is 2. The molecule has 0 aromatic carbocycles. The van der Waals surface area contributed by atoms with Crippen LogP contribution in [0.5, 0.6) is 0 Å². The van der Waals surface area contributed by atoms with Crippen molar-refractivity contribution < 1.29 is 13.5 Å². The molecule has 1 aliphatic rings. The zero-order valence-corrected chi connectivity index (χ0v) is 15.0. The number of rotatable bonds is 8. The van der Waals surface area contributed by atoms with E-state index >= 15 is 0 Å². The Morgan fingerprint density at radius 2 is 2.18 bits per heavy atom. The third-order valence-electron chi connectivity index (χ3n) is 4.16. The molecule has 1 aromatic rings. The predicted octanol–water partition coefficient (Wildman–Crippen LogP) is 1.88. The Bertz CT molecular complexity index is 584. The molecular formula is C15H26N2O3S2. The summed E-state index contributed by atoms with van der Waals surface area (Å²) in [6.07, 6.45) is 3.98. The van der Waals surface area contributed by atoms with E-state index in [0.717, 1.165) is 48.5 Å². The lowest BCUT2D eigenvalue weighted by molar-refractivity contribution is 0.157. The van der Waals surface area contributed by atoms with Crippen LogP contribution in [-0.4, -0.2) is 50.7 Å². The van der Waals surface area contributed by atoms with Crippen LogP contribution in [0, 0.1) is 13.8 Å². The van der Waals surface area contributed by atoms with Crippen molar-refractivity contribution in [3.05, 3.63) is 15.8 Å². The van der Waals surface area contributed by atoms with E-state index in [2.05, 4.69) is 9.62 Å². The van der Waals surface area contributed by atoms with Gasteiger partial charge in [-0.25, -0.2) is 13.1 Å². The van der Waals surface area contributed by atoms with Gasteiger partial charge in [-0.05, 0) is 58.7 Å². The fraction of sp³-hybridized carbons (Fsp3) is 0.733. The van der Waals surface area contributed by atoms with E-state index in [9.17, 15) is 13.5 Å². The van der Waals surface area contributed by atoms with Gasteiger partial charge in [-0.2, -0.15) is 0 Å². The molecule has 1 aliphatic heterocycles. The summed E-state index contributed by atoms with van der Waals surface area (Å²) < 4.78 is 27.2. The van der Waals surface area contributed by atoms with Crippen molar-refractivity contribution in [3.63, 3.8) is 0 Å². The van der Waals surface area contributed by atoms with Crippen molar-refractivity contribution in [2.24, 2.45) is 0 Å². The van der Waals surface area contributed by atoms with Gasteiger partial charge >= 0.3 is 0 Å². The third-order valence-corrected chi connectivity index (χ3v) is 6.84. The summed E-state index contributed by atoms with van der Waals surface area (Å²) in [5, 5.41) is 9.27. The van der Waals surface area contributed by atoms with Crippen LogP contribution in [0.25, 0.3) is 0 Å². The second kappa shape index (κ2) is 7.88. The summed E-state index contributed by atoms with van der Waals surface area (Å²) in [6, 6.07) is 2.03. The summed E-state index contributed by atoms with van der Waals surface area (Å²) in [5.41, 5.74) is 0. The molecule has 0 saturated carbocycles. The van der Waals surface area contributed by atoms with Gasteiger partial charge in [0.2, 0.25) is 10.0 Å². The summed E-state index contributed by atoms with van der Waals surface area (Å²) in [4.78, 5) is 4.57. The van der Waals surface area contributed by atoms with Crippen LogP contribution in [-0.2, 0) is 10.0 Å². The van der Waals surface area contributed by atoms with Crippen molar-refractivity contribution in [3.8, 4) is 0 Å². The van der Waals surface area contributed by atoms with Crippen molar-refractivity contribution in [1.29, 1.82) is 0 Å². The number of thiophene rings is 1. The van der Waals surface area contributed by atoms with Crippen molar-refractivity contribution >= 4 is 21.4 Å². The van der Waals surface area contributed by atoms with E-state index < -0.39 is 10.0 Å². The molecule has 0 aliphatic carbocycles. The molecule has 5 nitrogen and oxygen atoms in total. The SMILES string of the molecule is Cc1cc(S(=O)(=O)NCCCCN2CCCC2CO)c(C)s1. The molecule has 1 aromatic heterocycles. The maximum Gasteiger partial charge on any atom is 0.241 e. The van der Waals surface area contributed by atoms with Crippen LogP contribution in [0.15, 0.2) is 11.0 Å². The minimum atomic E-state index is -3.38. The minimum Gasteiger partial charge on any atom is -0.395 e. The van der Waals surface area contributed by atoms with Crippen LogP contribution in [0.3, 0.4) is 0 Å². The molecule has 7 heteroatoms. The lowest BCUT2D eigenvalue weighted by Crippen LogP contribution is -2.33. The Kier molecular flexibility index (Phi) is 6.40. The summed E-state index contributed by atoms with van der Waals surface area (Å²) in [6.45, 7) is 6.44. The molecule has 0 bridgehead atoms. The average Bonchev–Trinajstić information content (AvgIpc) is 3.04. The maximum atomic E-state index is 12.2. The summed E-state index contributed by atoms with van der Waals surface area (Å²) in [7, 11) is -3.38. The van der Waals surface area contributed by atoms with E-state index in [1.807, 2.05) is 13.8 Å². The molecular weight excluding hydrogens is 320 g/mol. The number of likely N-dealkylation sites (tertiary alicyclic amines) is 1. The molecule has 1 unspecified atom stereocenters. The summed E-state index contributed by atoms with van der Waals surface area (Å²) in [5.74, 6) is 0. The molecule has 126 valence electrons. The quantitative estimate of drug-likeness (QED) is 0.705. The zero-order valence-electron chi connectivity index (χ0n) is 13.3. The smallest absolute Gasteiger partial charge is 0.241 e. The highest BCUT2D eigenvalue weighted by Gasteiger charge is 2.23. The largest absolute Gasteiger partial charge is 0.395 e. The van der Waals surface area contributed by atoms with Gasteiger partial charge in [-0.1, -0.05) is 0 Å². The molecule has 1 saturated heterocycles. The van der Waals surface area contributed by atoms with Crippen molar-refractivity contribution in [2.45, 2.75) is 50.5 Å². The number of sulfonamides is 1. The van der Waals surface area contributed by atoms with E-state index in [0.29, 0.717) is 17.5 Å². The molecule has 1 fully saturated rings. The van der Waals surface area contributed by atoms with Gasteiger partial charge < -0.3 is 5.11 Å². The Morgan fingerprint density at radius 3 is 2.82 bits per heavy atom. The van der Waals surface area contributed by atoms with E-state index in [-0.39, 0.29) is 6.61 Å². The molecule has 2 N–H and O–H groups in total. The van der Waals surface area contributed by atoms with Crippen molar-refractivity contribution in [1.82, 2.24) is 9.62 Å². The first-order valence-electron chi connectivity index (χ1n) is 7.85. The molecule has 1 atom stereocenters. The minimum absolute atomic E-state index is 0.226. The summed E-state index contributed by atoms with van der Waals surface area (Å²) >= 11 is 1.51. The number of aryl methyl sites for hydroxylation is 2. The molecule has 2 heterocycles. The topological polar surface area (TPSA) is 69.6 Å². The number of aliphatic hydroxyl groups is 1. The Hall–Kier alpha value is -0.470. The molecule has 0 amide bonds. The van der Waals surface area contributed by atoms with Gasteiger partial charge in [0.1, 0.15) is 0 Å². The standard InChI is InChI=1S/C15H26N2O3S2/c1-12-10-15(13(2)21-12)22(19,20)16-7-3-4-8-17-9-5-6-14(17)11-18/h10,14,16,18H,3-9,11H2,1-2H3. The van der Waals surface area contributed by atoms with Gasteiger partial charge in [0.15, 0.2) is 0 Å². The fourth-order valence-electron chi connectivity index (χ4n) is 2.99. The first-order chi connectivity index (χ1) is 10.4. The first kappa shape index (κ1) is 17.9. The second-order valence-electron chi connectivity index (χ2n) is 5.90. The van der Waals surface area contributed by atoms with Gasteiger partial charge in [0.25, 0.3) is 0 Å². The second-order valence-corrected chi connectivity index (χ2v) is 9.09. The fourth-order valence-corrected chi connectivity index (χ4v) is 5.62. The molecule has 0 spiro atoms. The van der Waals surface area contributed by atoms with Gasteiger partial charge in [0.05, 0.1) is 11.5 Å². The van der Waals surface area contributed by atoms with Crippen molar-refractivity contribution in [2.75, 3.05) is 26.2 Å². The van der Waals surface area contributed by atoms with Crippen LogP contribution in [0.4, 0.5) is 0 Å². The van der Waals surface area contributed by atoms with E-state index in [1.54, 1.807) is 6.07 Å². The molecule has 22 heavy (non-hydrogen) atoms. The Balaban J connectivity index is 1.73. The highest BCUT2D eigenvalue weighted by Crippen LogP contribution is 2.24. The number of aliphatic hydroxyl groups excluding tert-OH is 1. The van der Waals surface area contributed by atoms with Crippen LogP contribution in [0.1, 0.15) is 35.4 Å². The van der Waals surface area contributed by atoms with Crippen LogP contribution in [0.2, 0.25) is 0 Å². The number of nitrogens with zero attached hydrogens (tertiary/aromatic N) is 1. The lowest BCUT2D eigenvalue weighted by atomic mass is 10.2. The highest BCUT2D eigenvalue weighted by molar-refractivity contribution is 7.89. The Labute approximate surface area is 137 Å². The zero-order chi connectivity index (χ0) is 16.2. The monoisotopic (exact) mass is 346 g/mol. The van der Waals surface area contributed by atoms with Crippen LogP contribution < -0.4 is 4.72 Å². The molecule has 0 radical (unpaired) electrons. The van der Waals surface area contributed by atoms with Crippen LogP contribution >= 0.6 is 11.3 Å². The van der Waals surface area contributed by atoms with Gasteiger partial charge in [-0.3, -0.25) is 4.90 Å². The first-order valence-corrected chi connectivity index (χ1v) is 10.2. The normalized spacial score (nSPS) is 19.9. The maximum absolute atomic E-state index is 12.2.